The fourth-order valence-electron chi connectivity index (χ4n) is 1.28. The molecule has 0 amide bonds. The molecule has 2 rings (SSSR count). The first-order chi connectivity index (χ1) is 7.74. The van der Waals surface area contributed by atoms with Gasteiger partial charge in [-0.25, -0.2) is 0 Å². The van der Waals surface area contributed by atoms with Crippen molar-refractivity contribution >= 4 is 12.0 Å². The van der Waals surface area contributed by atoms with E-state index in [0.717, 1.165) is 12.0 Å². The van der Waals surface area contributed by atoms with E-state index in [0.29, 0.717) is 12.6 Å². The average molecular weight is 220 g/mol. The number of aromatic nitrogens is 2. The molecule has 0 saturated heterocycles. The molecule has 0 aliphatic heterocycles. The summed E-state index contributed by atoms with van der Waals surface area (Å²) < 4.78 is 4.94. The smallest absolute Gasteiger partial charge is 0.316 e. The Balaban J connectivity index is 1.82. The number of anilines is 2. The Morgan fingerprint density at radius 1 is 1.25 bits per heavy atom. The van der Waals surface area contributed by atoms with Gasteiger partial charge < -0.3 is 20.6 Å². The molecule has 16 heavy (non-hydrogen) atoms. The summed E-state index contributed by atoms with van der Waals surface area (Å²) >= 11 is 0. The number of nitrogens with two attached hydrogens (primary N) is 1. The number of nitrogen functional groups attached to an aromatic ring is 1. The molecule has 6 heteroatoms. The van der Waals surface area contributed by atoms with Crippen LogP contribution in [0.25, 0.3) is 0 Å². The van der Waals surface area contributed by atoms with Gasteiger partial charge in [0.25, 0.3) is 0 Å². The molecule has 2 aromatic rings. The van der Waals surface area contributed by atoms with Gasteiger partial charge in [-0.05, 0) is 24.1 Å². The molecule has 1 aromatic carbocycles. The highest BCUT2D eigenvalue weighted by Crippen LogP contribution is 2.10. The van der Waals surface area contributed by atoms with Crippen molar-refractivity contribution in [2.24, 2.45) is 0 Å². The van der Waals surface area contributed by atoms with E-state index < -0.39 is 0 Å². The molecule has 0 spiro atoms. The second-order valence-corrected chi connectivity index (χ2v) is 3.29. The van der Waals surface area contributed by atoms with Crippen LogP contribution in [-0.2, 0) is 6.42 Å². The molecule has 1 heterocycles. The van der Waals surface area contributed by atoms with E-state index in [1.807, 2.05) is 12.1 Å². The predicted molar refractivity (Wildman–Crippen MR) is 59.0 cm³/mol. The number of rotatable bonds is 4. The Morgan fingerprint density at radius 2 is 2.00 bits per heavy atom. The summed E-state index contributed by atoms with van der Waals surface area (Å²) in [6, 6.07) is 7.39. The van der Waals surface area contributed by atoms with Crippen LogP contribution in [0.2, 0.25) is 0 Å². The molecule has 4 N–H and O–H groups in total. The normalized spacial score (nSPS) is 10.2. The summed E-state index contributed by atoms with van der Waals surface area (Å²) in [5.74, 6) is 0.265. The lowest BCUT2D eigenvalue weighted by Gasteiger charge is -2.01. The number of aromatic hydroxyl groups is 1. The van der Waals surface area contributed by atoms with Gasteiger partial charge in [0.05, 0.1) is 0 Å². The van der Waals surface area contributed by atoms with Crippen molar-refractivity contribution in [2.45, 2.75) is 6.42 Å². The quantitative estimate of drug-likeness (QED) is 0.711. The van der Waals surface area contributed by atoms with Crippen LogP contribution in [0, 0.1) is 0 Å². The number of nitrogens with one attached hydrogen (secondary N) is 1. The minimum absolute atomic E-state index is 0.0483. The van der Waals surface area contributed by atoms with Crippen LogP contribution in [0.3, 0.4) is 0 Å². The van der Waals surface area contributed by atoms with E-state index in [-0.39, 0.29) is 11.8 Å². The predicted octanol–water partition coefficient (Wildman–Crippen LogP) is 1.01. The topological polar surface area (TPSA) is 97.2 Å². The third-order valence-electron chi connectivity index (χ3n) is 2.07. The monoisotopic (exact) mass is 220 g/mol. The van der Waals surface area contributed by atoms with E-state index in [4.69, 9.17) is 15.3 Å². The first kappa shape index (κ1) is 10.3. The van der Waals surface area contributed by atoms with Crippen molar-refractivity contribution in [1.82, 2.24) is 10.2 Å². The molecule has 0 aliphatic rings. The van der Waals surface area contributed by atoms with Crippen molar-refractivity contribution in [3.8, 4) is 5.75 Å². The van der Waals surface area contributed by atoms with Crippen molar-refractivity contribution < 1.29 is 9.52 Å². The number of hydrogen-bond acceptors (Lipinski definition) is 6. The van der Waals surface area contributed by atoms with Crippen LogP contribution < -0.4 is 11.1 Å². The van der Waals surface area contributed by atoms with Crippen molar-refractivity contribution in [2.75, 3.05) is 17.6 Å². The zero-order valence-corrected chi connectivity index (χ0v) is 8.55. The summed E-state index contributed by atoms with van der Waals surface area (Å²) in [5, 5.41) is 19.2. The maximum absolute atomic E-state index is 9.10. The highest BCUT2D eigenvalue weighted by Gasteiger charge is 2.00. The molecular formula is C10H12N4O2. The van der Waals surface area contributed by atoms with Gasteiger partial charge >= 0.3 is 12.0 Å². The first-order valence-electron chi connectivity index (χ1n) is 4.85. The fraction of sp³-hybridized carbons (Fsp3) is 0.200. The third-order valence-corrected chi connectivity index (χ3v) is 2.07. The van der Waals surface area contributed by atoms with Gasteiger partial charge in [0.2, 0.25) is 0 Å². The summed E-state index contributed by atoms with van der Waals surface area (Å²) in [5.41, 5.74) is 6.38. The second-order valence-electron chi connectivity index (χ2n) is 3.29. The van der Waals surface area contributed by atoms with E-state index in [1.54, 1.807) is 12.1 Å². The van der Waals surface area contributed by atoms with Crippen molar-refractivity contribution in [1.29, 1.82) is 0 Å². The zero-order valence-electron chi connectivity index (χ0n) is 8.55. The van der Waals surface area contributed by atoms with Gasteiger partial charge in [-0.3, -0.25) is 0 Å². The van der Waals surface area contributed by atoms with Crippen LogP contribution in [0.1, 0.15) is 5.56 Å². The molecule has 0 atom stereocenters. The summed E-state index contributed by atoms with van der Waals surface area (Å²) in [7, 11) is 0. The van der Waals surface area contributed by atoms with Gasteiger partial charge in [-0.1, -0.05) is 22.3 Å². The lowest BCUT2D eigenvalue weighted by atomic mass is 10.1. The summed E-state index contributed by atoms with van der Waals surface area (Å²) in [6.07, 6.45) is 0.794. The number of phenolic OH excluding ortho intramolecular Hbond substituents is 1. The van der Waals surface area contributed by atoms with Gasteiger partial charge in [-0.2, -0.15) is 0 Å². The highest BCUT2D eigenvalue weighted by atomic mass is 16.4. The minimum Gasteiger partial charge on any atom is -0.508 e. The van der Waals surface area contributed by atoms with E-state index in [2.05, 4.69) is 15.5 Å². The van der Waals surface area contributed by atoms with E-state index in [9.17, 15) is 0 Å². The molecule has 0 radical (unpaired) electrons. The molecule has 1 aromatic heterocycles. The maximum atomic E-state index is 9.10. The van der Waals surface area contributed by atoms with Gasteiger partial charge in [0.1, 0.15) is 5.75 Å². The van der Waals surface area contributed by atoms with Crippen molar-refractivity contribution in [3.05, 3.63) is 29.8 Å². The van der Waals surface area contributed by atoms with Crippen LogP contribution >= 0.6 is 0 Å². The van der Waals surface area contributed by atoms with E-state index >= 15 is 0 Å². The second kappa shape index (κ2) is 4.52. The third kappa shape index (κ3) is 2.63. The van der Waals surface area contributed by atoms with Crippen LogP contribution in [0.5, 0.6) is 5.75 Å². The molecule has 0 saturated carbocycles. The standard InChI is InChI=1S/C10H12N4O2/c11-9-13-14-10(16-9)12-6-5-7-1-3-8(15)4-2-7/h1-4,15H,5-6H2,(H2,11,13)(H,12,14). The lowest BCUT2D eigenvalue weighted by Crippen LogP contribution is -2.04. The molecule has 0 fully saturated rings. The fourth-order valence-corrected chi connectivity index (χ4v) is 1.28. The molecule has 6 nitrogen and oxygen atoms in total. The number of hydrogen-bond donors (Lipinski definition) is 3. The van der Waals surface area contributed by atoms with Crippen LogP contribution in [0.4, 0.5) is 12.0 Å². The van der Waals surface area contributed by atoms with Gasteiger partial charge in [-0.15, -0.1) is 0 Å². The summed E-state index contributed by atoms with van der Waals surface area (Å²) in [4.78, 5) is 0. The Labute approximate surface area is 92.1 Å². The Bertz CT molecular complexity index is 452. The van der Waals surface area contributed by atoms with Gasteiger partial charge in [0, 0.05) is 6.54 Å². The molecule has 0 unspecified atom stereocenters. The van der Waals surface area contributed by atoms with Crippen LogP contribution in [0.15, 0.2) is 28.7 Å². The Kier molecular flexibility index (Phi) is 2.90. The lowest BCUT2D eigenvalue weighted by molar-refractivity contribution is 0.475. The Morgan fingerprint density at radius 3 is 2.62 bits per heavy atom. The number of benzene rings is 1. The van der Waals surface area contributed by atoms with Crippen LogP contribution in [-0.4, -0.2) is 21.8 Å². The maximum Gasteiger partial charge on any atom is 0.316 e. The minimum atomic E-state index is 0.0483. The first-order valence-corrected chi connectivity index (χ1v) is 4.85. The van der Waals surface area contributed by atoms with Gasteiger partial charge in [0.15, 0.2) is 0 Å². The SMILES string of the molecule is Nc1nnc(NCCc2ccc(O)cc2)o1. The number of phenols is 1. The van der Waals surface area contributed by atoms with Crippen molar-refractivity contribution in [3.63, 3.8) is 0 Å². The zero-order chi connectivity index (χ0) is 11.4. The largest absolute Gasteiger partial charge is 0.508 e. The highest BCUT2D eigenvalue weighted by molar-refractivity contribution is 5.27. The average Bonchev–Trinajstić information content (AvgIpc) is 2.67. The molecule has 0 aliphatic carbocycles. The molecular weight excluding hydrogens is 208 g/mol. The summed E-state index contributed by atoms with van der Waals surface area (Å²) in [6.45, 7) is 0.659. The molecule has 84 valence electrons. The van der Waals surface area contributed by atoms with E-state index in [1.165, 1.54) is 0 Å². The molecule has 0 bridgehead atoms. The Hall–Kier alpha value is -2.24. The number of nitrogens with zero attached hydrogens (tertiary/aromatic N) is 2.